The quantitative estimate of drug-likeness (QED) is 0.671. The van der Waals surface area contributed by atoms with Gasteiger partial charge in [-0.1, -0.05) is 6.92 Å². The molecule has 2 fully saturated rings. The summed E-state index contributed by atoms with van der Waals surface area (Å²) < 4.78 is 44.5. The fourth-order valence-electron chi connectivity index (χ4n) is 3.48. The first-order valence-corrected chi connectivity index (χ1v) is 10.3. The van der Waals surface area contributed by atoms with Crippen molar-refractivity contribution in [3.05, 3.63) is 24.0 Å². The molecule has 2 heterocycles. The third-order valence-electron chi connectivity index (χ3n) is 5.08. The summed E-state index contributed by atoms with van der Waals surface area (Å²) in [6.07, 6.45) is -3.67. The van der Waals surface area contributed by atoms with E-state index >= 15 is 0 Å². The number of hydroxylamine groups is 2. The molecular weight excluding hydrogens is 433 g/mol. The van der Waals surface area contributed by atoms with Crippen molar-refractivity contribution in [1.82, 2.24) is 10.4 Å². The molecule has 12 heteroatoms. The molecule has 0 aliphatic carbocycles. The van der Waals surface area contributed by atoms with Gasteiger partial charge in [0.15, 0.2) is 0 Å². The molecule has 0 spiro atoms. The Morgan fingerprint density at radius 3 is 2.72 bits per heavy atom. The summed E-state index contributed by atoms with van der Waals surface area (Å²) in [4.78, 5) is 43.5. The molecule has 1 aromatic rings. The first-order valence-electron chi connectivity index (χ1n) is 10.3. The summed E-state index contributed by atoms with van der Waals surface area (Å²) in [7, 11) is 0. The summed E-state index contributed by atoms with van der Waals surface area (Å²) in [5.41, 5.74) is 0.542. The maximum Gasteiger partial charge on any atom is 0.414 e. The molecule has 0 bridgehead atoms. The van der Waals surface area contributed by atoms with Crippen molar-refractivity contribution in [2.45, 2.75) is 32.3 Å². The van der Waals surface area contributed by atoms with Gasteiger partial charge in [0.1, 0.15) is 11.9 Å². The van der Waals surface area contributed by atoms with E-state index in [9.17, 15) is 27.6 Å². The van der Waals surface area contributed by atoms with Crippen LogP contribution in [0.4, 0.5) is 29.3 Å². The summed E-state index contributed by atoms with van der Waals surface area (Å²) in [5, 5.41) is 3.30. The fraction of sp³-hybridized carbons (Fsp3) is 0.550. The van der Waals surface area contributed by atoms with Crippen LogP contribution in [-0.4, -0.2) is 74.8 Å². The Balaban J connectivity index is 1.62. The van der Waals surface area contributed by atoms with Gasteiger partial charge in [-0.3, -0.25) is 19.3 Å². The van der Waals surface area contributed by atoms with Gasteiger partial charge < -0.3 is 15.0 Å². The van der Waals surface area contributed by atoms with Gasteiger partial charge in [-0.15, -0.1) is 0 Å². The highest BCUT2D eigenvalue weighted by Crippen LogP contribution is 2.28. The van der Waals surface area contributed by atoms with Gasteiger partial charge in [-0.25, -0.2) is 14.2 Å². The first kappa shape index (κ1) is 23.6. The minimum absolute atomic E-state index is 0.0206. The Morgan fingerprint density at radius 2 is 2.03 bits per heavy atom. The van der Waals surface area contributed by atoms with Gasteiger partial charge >= 0.3 is 12.5 Å². The zero-order chi connectivity index (χ0) is 23.3. The number of cyclic esters (lactones) is 1. The van der Waals surface area contributed by atoms with E-state index in [4.69, 9.17) is 9.57 Å². The molecule has 3 amide bonds. The number of hydrogen-bond acceptors (Lipinski definition) is 6. The van der Waals surface area contributed by atoms with E-state index in [1.165, 1.54) is 22.1 Å². The number of hydrogen-bond donors (Lipinski definition) is 1. The number of halogens is 3. The number of ether oxygens (including phenoxy) is 1. The van der Waals surface area contributed by atoms with E-state index in [-0.39, 0.29) is 31.3 Å². The Morgan fingerprint density at radius 1 is 1.25 bits per heavy atom. The van der Waals surface area contributed by atoms with E-state index in [2.05, 4.69) is 0 Å². The van der Waals surface area contributed by atoms with Gasteiger partial charge in [0, 0.05) is 19.5 Å². The molecule has 176 valence electrons. The number of rotatable bonds is 7. The van der Waals surface area contributed by atoms with Crippen molar-refractivity contribution in [3.8, 4) is 0 Å². The second kappa shape index (κ2) is 10.5. The molecule has 2 aliphatic rings. The average molecular weight is 458 g/mol. The molecule has 2 aliphatic heterocycles. The minimum atomic E-state index is -3.16. The lowest BCUT2D eigenvalue weighted by atomic mass is 10.2. The van der Waals surface area contributed by atoms with E-state index in [0.29, 0.717) is 38.2 Å². The van der Waals surface area contributed by atoms with E-state index in [0.717, 1.165) is 0 Å². The topological polar surface area (TPSA) is 91.4 Å². The van der Waals surface area contributed by atoms with Gasteiger partial charge in [-0.2, -0.15) is 8.78 Å². The summed E-state index contributed by atoms with van der Waals surface area (Å²) >= 11 is 0. The highest BCUT2D eigenvalue weighted by molar-refractivity contribution is 5.90. The standard InChI is InChI=1S/C20H25F3N4O5/c1-2-3-17(28)27-7-6-25(8-9-31-27)16-5-4-13(10-15(16)21)26-12-14(32-20(26)30)11-24-19(29)18(22)23/h4-5,10,14,18H,2-3,6-9,11-12H2,1H3,(H,24,29). The largest absolute Gasteiger partial charge is 0.442 e. The summed E-state index contributed by atoms with van der Waals surface area (Å²) in [6.45, 7) is 2.88. The molecular formula is C20H25F3N4O5. The van der Waals surface area contributed by atoms with Crippen LogP contribution in [0.15, 0.2) is 18.2 Å². The Bertz CT molecular complexity index is 857. The molecule has 2 saturated heterocycles. The number of benzene rings is 1. The van der Waals surface area contributed by atoms with Gasteiger partial charge in [0.05, 0.1) is 37.6 Å². The fourth-order valence-corrected chi connectivity index (χ4v) is 3.48. The molecule has 0 saturated carbocycles. The third kappa shape index (κ3) is 5.61. The van der Waals surface area contributed by atoms with Crippen LogP contribution in [0, 0.1) is 5.82 Å². The van der Waals surface area contributed by atoms with E-state index in [1.807, 2.05) is 12.2 Å². The van der Waals surface area contributed by atoms with Crippen LogP contribution >= 0.6 is 0 Å². The second-order valence-electron chi connectivity index (χ2n) is 7.36. The smallest absolute Gasteiger partial charge is 0.414 e. The zero-order valence-electron chi connectivity index (χ0n) is 17.6. The highest BCUT2D eigenvalue weighted by atomic mass is 19.3. The van der Waals surface area contributed by atoms with Crippen LogP contribution in [0.5, 0.6) is 0 Å². The van der Waals surface area contributed by atoms with Gasteiger partial charge in [0.25, 0.3) is 5.91 Å². The lowest BCUT2D eigenvalue weighted by molar-refractivity contribution is -0.181. The van der Waals surface area contributed by atoms with Crippen molar-refractivity contribution < 1.29 is 37.1 Å². The van der Waals surface area contributed by atoms with Crippen molar-refractivity contribution in [1.29, 1.82) is 0 Å². The number of nitrogens with one attached hydrogen (secondary N) is 1. The maximum atomic E-state index is 14.9. The molecule has 0 aromatic heterocycles. The van der Waals surface area contributed by atoms with E-state index in [1.54, 1.807) is 11.0 Å². The molecule has 32 heavy (non-hydrogen) atoms. The number of nitrogens with zero attached hydrogens (tertiary/aromatic N) is 3. The average Bonchev–Trinajstić information content (AvgIpc) is 2.96. The molecule has 1 unspecified atom stereocenters. The van der Waals surface area contributed by atoms with Crippen LogP contribution in [0.3, 0.4) is 0 Å². The monoisotopic (exact) mass is 458 g/mol. The van der Waals surface area contributed by atoms with E-state index < -0.39 is 30.3 Å². The Labute approximate surface area is 183 Å². The lowest BCUT2D eigenvalue weighted by Crippen LogP contribution is -2.37. The molecule has 0 radical (unpaired) electrons. The van der Waals surface area contributed by atoms with Crippen molar-refractivity contribution in [3.63, 3.8) is 0 Å². The van der Waals surface area contributed by atoms with Gasteiger partial charge in [0.2, 0.25) is 5.91 Å². The molecule has 1 N–H and O–H groups in total. The van der Waals surface area contributed by atoms with Crippen molar-refractivity contribution >= 4 is 29.3 Å². The molecule has 3 rings (SSSR count). The SMILES string of the molecule is CCCC(=O)N1CCN(c2ccc(N3CC(CNC(=O)C(F)F)OC3=O)cc2F)CCO1. The number of alkyl halides is 2. The van der Waals surface area contributed by atoms with Gasteiger partial charge in [-0.05, 0) is 24.6 Å². The van der Waals surface area contributed by atoms with Crippen LogP contribution in [-0.2, 0) is 19.2 Å². The maximum absolute atomic E-state index is 14.9. The molecule has 9 nitrogen and oxygen atoms in total. The first-order chi connectivity index (χ1) is 15.3. The third-order valence-corrected chi connectivity index (χ3v) is 5.08. The van der Waals surface area contributed by atoms with Crippen molar-refractivity contribution in [2.75, 3.05) is 49.1 Å². The second-order valence-corrected chi connectivity index (χ2v) is 7.36. The Kier molecular flexibility index (Phi) is 7.78. The summed E-state index contributed by atoms with van der Waals surface area (Å²) in [5.74, 6) is -2.14. The summed E-state index contributed by atoms with van der Waals surface area (Å²) in [6, 6.07) is 4.25. The van der Waals surface area contributed by atoms with Crippen LogP contribution in [0.25, 0.3) is 0 Å². The number of carbonyl (C=O) groups excluding carboxylic acids is 3. The lowest BCUT2D eigenvalue weighted by Gasteiger charge is -2.24. The minimum Gasteiger partial charge on any atom is -0.442 e. The number of amides is 3. The predicted octanol–water partition coefficient (Wildman–Crippen LogP) is 1.91. The Hall–Kier alpha value is -3.02. The number of anilines is 2. The zero-order valence-corrected chi connectivity index (χ0v) is 17.6. The van der Waals surface area contributed by atoms with Crippen LogP contribution in [0.1, 0.15) is 19.8 Å². The normalized spacial score (nSPS) is 19.2. The molecule has 1 atom stereocenters. The highest BCUT2D eigenvalue weighted by Gasteiger charge is 2.33. The molecule has 1 aromatic carbocycles. The van der Waals surface area contributed by atoms with Crippen LogP contribution < -0.4 is 15.1 Å². The predicted molar refractivity (Wildman–Crippen MR) is 108 cm³/mol. The van der Waals surface area contributed by atoms with Crippen LogP contribution in [0.2, 0.25) is 0 Å². The van der Waals surface area contributed by atoms with Crippen molar-refractivity contribution in [2.24, 2.45) is 0 Å². The number of carbonyl (C=O) groups is 3.